The largest absolute Gasteiger partial charge is 0.507 e. The van der Waals surface area contributed by atoms with Gasteiger partial charge in [0, 0.05) is 22.8 Å². The summed E-state index contributed by atoms with van der Waals surface area (Å²) in [5.74, 6) is 0.158. The molecule has 0 radical (unpaired) electrons. The average molecular weight is 214 g/mol. The number of nitrogens with zero attached hydrogens (tertiary/aromatic N) is 1. The van der Waals surface area contributed by atoms with E-state index in [-0.39, 0.29) is 5.75 Å². The second-order valence-corrected chi connectivity index (χ2v) is 3.31. The van der Waals surface area contributed by atoms with Crippen molar-refractivity contribution in [1.29, 1.82) is 0 Å². The molecule has 0 bridgehead atoms. The number of hydrogen-bond acceptors (Lipinski definition) is 3. The van der Waals surface area contributed by atoms with Crippen LogP contribution in [0.1, 0.15) is 5.56 Å². The molecule has 1 heterocycles. The van der Waals surface area contributed by atoms with Gasteiger partial charge < -0.3 is 10.4 Å². The molecule has 0 aliphatic heterocycles. The van der Waals surface area contributed by atoms with Gasteiger partial charge in [-0.15, -0.1) is 0 Å². The molecule has 1 aromatic heterocycles. The van der Waals surface area contributed by atoms with Crippen LogP contribution in [0.15, 0.2) is 37.0 Å². The van der Waals surface area contributed by atoms with E-state index in [9.17, 15) is 9.90 Å². The van der Waals surface area contributed by atoms with Crippen LogP contribution in [0.3, 0.4) is 0 Å². The number of fused-ring (bicyclic) bond motifs is 1. The van der Waals surface area contributed by atoms with E-state index in [1.54, 1.807) is 30.5 Å². The molecule has 2 rings (SSSR count). The highest BCUT2D eigenvalue weighted by Gasteiger charge is 2.04. The second kappa shape index (κ2) is 4.02. The molecule has 0 fully saturated rings. The van der Waals surface area contributed by atoms with Crippen LogP contribution in [-0.2, 0) is 4.79 Å². The molecule has 0 unspecified atom stereocenters. The third-order valence-electron chi connectivity index (χ3n) is 2.28. The van der Waals surface area contributed by atoms with Crippen molar-refractivity contribution in [2.45, 2.75) is 0 Å². The number of pyridine rings is 1. The van der Waals surface area contributed by atoms with Gasteiger partial charge in [0.25, 0.3) is 0 Å². The normalized spacial score (nSPS) is 10.0. The summed E-state index contributed by atoms with van der Waals surface area (Å²) in [6.07, 6.45) is 2.15. The minimum absolute atomic E-state index is 0.158. The van der Waals surface area contributed by atoms with Crippen molar-refractivity contribution in [1.82, 2.24) is 10.3 Å². The van der Waals surface area contributed by atoms with Crippen LogP contribution in [0.5, 0.6) is 5.75 Å². The van der Waals surface area contributed by atoms with Crippen molar-refractivity contribution >= 4 is 23.0 Å². The summed E-state index contributed by atoms with van der Waals surface area (Å²) in [5, 5.41) is 12.7. The predicted molar refractivity (Wildman–Crippen MR) is 61.6 cm³/mol. The number of nitrogens with one attached hydrogen (secondary N) is 1. The molecule has 4 heteroatoms. The Balaban J connectivity index is 2.55. The van der Waals surface area contributed by atoms with E-state index in [4.69, 9.17) is 0 Å². The zero-order chi connectivity index (χ0) is 11.5. The molecule has 2 N–H and O–H groups in total. The molecule has 0 atom stereocenters. The monoisotopic (exact) mass is 214 g/mol. The van der Waals surface area contributed by atoms with E-state index in [1.165, 1.54) is 0 Å². The van der Waals surface area contributed by atoms with Gasteiger partial charge in [0.05, 0.1) is 5.52 Å². The van der Waals surface area contributed by atoms with Gasteiger partial charge in [-0.25, -0.2) is 0 Å². The number of carbonyl (C=O) groups excluding carboxylic acids is 1. The predicted octanol–water partition coefficient (Wildman–Crippen LogP) is 1.66. The van der Waals surface area contributed by atoms with Crippen LogP contribution in [0.2, 0.25) is 0 Å². The van der Waals surface area contributed by atoms with E-state index in [0.717, 1.165) is 0 Å². The zero-order valence-corrected chi connectivity index (χ0v) is 8.47. The van der Waals surface area contributed by atoms with E-state index in [2.05, 4.69) is 16.9 Å². The van der Waals surface area contributed by atoms with Gasteiger partial charge in [-0.1, -0.05) is 12.6 Å². The number of benzene rings is 1. The van der Waals surface area contributed by atoms with E-state index < -0.39 is 0 Å². The third kappa shape index (κ3) is 1.72. The summed E-state index contributed by atoms with van der Waals surface area (Å²) < 4.78 is 0. The summed E-state index contributed by atoms with van der Waals surface area (Å²) in [6.45, 7) is 3.69. The van der Waals surface area contributed by atoms with Gasteiger partial charge in [-0.05, 0) is 18.2 Å². The first-order valence-electron chi connectivity index (χ1n) is 4.69. The Kier molecular flexibility index (Phi) is 2.55. The Bertz CT molecular complexity index is 564. The Labute approximate surface area is 92.2 Å². The topological polar surface area (TPSA) is 62.2 Å². The maximum atomic E-state index is 10.3. The lowest BCUT2D eigenvalue weighted by molar-refractivity contribution is -0.108. The van der Waals surface area contributed by atoms with Crippen LogP contribution in [0, 0.1) is 0 Å². The Morgan fingerprint density at radius 1 is 1.50 bits per heavy atom. The number of phenolic OH excluding ortho intramolecular Hbond substituents is 1. The van der Waals surface area contributed by atoms with Crippen molar-refractivity contribution in [2.24, 2.45) is 0 Å². The van der Waals surface area contributed by atoms with Gasteiger partial charge in [-0.2, -0.15) is 0 Å². The van der Waals surface area contributed by atoms with Crippen molar-refractivity contribution in [3.63, 3.8) is 0 Å². The molecule has 0 spiro atoms. The molecular formula is C12H10N2O2. The molecule has 0 aliphatic rings. The van der Waals surface area contributed by atoms with Gasteiger partial charge in [-0.3, -0.25) is 9.78 Å². The van der Waals surface area contributed by atoms with Crippen molar-refractivity contribution in [2.75, 3.05) is 0 Å². The molecule has 2 aromatic rings. The number of phenols is 1. The third-order valence-corrected chi connectivity index (χ3v) is 2.28. The molecular weight excluding hydrogens is 204 g/mol. The SMILES string of the molecule is C=C(NC=O)c1cnc2cccc(O)c2c1. The van der Waals surface area contributed by atoms with Crippen molar-refractivity contribution < 1.29 is 9.90 Å². The van der Waals surface area contributed by atoms with Crippen molar-refractivity contribution in [3.05, 3.63) is 42.6 Å². The fourth-order valence-electron chi connectivity index (χ4n) is 1.45. The van der Waals surface area contributed by atoms with Gasteiger partial charge in [0.2, 0.25) is 6.41 Å². The number of rotatable bonds is 3. The molecule has 1 aromatic carbocycles. The molecule has 16 heavy (non-hydrogen) atoms. The highest BCUT2D eigenvalue weighted by atomic mass is 16.3. The number of carbonyl (C=O) groups is 1. The minimum Gasteiger partial charge on any atom is -0.507 e. The lowest BCUT2D eigenvalue weighted by Gasteiger charge is -2.05. The molecule has 0 saturated heterocycles. The second-order valence-electron chi connectivity index (χ2n) is 3.31. The van der Waals surface area contributed by atoms with Crippen LogP contribution in [-0.4, -0.2) is 16.5 Å². The van der Waals surface area contributed by atoms with Crippen LogP contribution in [0.25, 0.3) is 16.6 Å². The summed E-state index contributed by atoms with van der Waals surface area (Å²) in [5.41, 5.74) is 1.82. The standard InChI is InChI=1S/C12H10N2O2/c1-8(14-7-15)9-5-10-11(13-6-9)3-2-4-12(10)16/h2-7,16H,1H2,(H,14,15). The number of hydrogen-bond donors (Lipinski definition) is 2. The first kappa shape index (κ1) is 10.2. The van der Waals surface area contributed by atoms with E-state index in [1.807, 2.05) is 0 Å². The summed E-state index contributed by atoms with van der Waals surface area (Å²) in [4.78, 5) is 14.4. The molecule has 80 valence electrons. The number of aromatic nitrogens is 1. The first-order chi connectivity index (χ1) is 7.72. The average Bonchev–Trinajstić information content (AvgIpc) is 2.29. The smallest absolute Gasteiger partial charge is 0.211 e. The van der Waals surface area contributed by atoms with Crippen molar-refractivity contribution in [3.8, 4) is 5.75 Å². The first-order valence-corrected chi connectivity index (χ1v) is 4.69. The highest BCUT2D eigenvalue weighted by molar-refractivity contribution is 5.88. The van der Waals surface area contributed by atoms with Gasteiger partial charge in [0.15, 0.2) is 0 Å². The van der Waals surface area contributed by atoms with E-state index >= 15 is 0 Å². The van der Waals surface area contributed by atoms with Gasteiger partial charge >= 0.3 is 0 Å². The highest BCUT2D eigenvalue weighted by Crippen LogP contribution is 2.24. The fraction of sp³-hybridized carbons (Fsp3) is 0. The Hall–Kier alpha value is -2.36. The maximum Gasteiger partial charge on any atom is 0.211 e. The molecule has 0 aliphatic carbocycles. The summed E-state index contributed by atoms with van der Waals surface area (Å²) in [7, 11) is 0. The van der Waals surface area contributed by atoms with Crippen LogP contribution in [0.4, 0.5) is 0 Å². The lowest BCUT2D eigenvalue weighted by atomic mass is 10.1. The summed E-state index contributed by atoms with van der Waals surface area (Å²) >= 11 is 0. The Morgan fingerprint density at radius 3 is 3.06 bits per heavy atom. The molecule has 1 amide bonds. The maximum absolute atomic E-state index is 10.3. The summed E-state index contributed by atoms with van der Waals surface area (Å²) in [6, 6.07) is 6.85. The quantitative estimate of drug-likeness (QED) is 0.764. The number of aromatic hydroxyl groups is 1. The lowest BCUT2D eigenvalue weighted by Crippen LogP contribution is -2.07. The van der Waals surface area contributed by atoms with E-state index in [0.29, 0.717) is 28.6 Å². The van der Waals surface area contributed by atoms with Gasteiger partial charge in [0.1, 0.15) is 5.75 Å². The van der Waals surface area contributed by atoms with Crippen LogP contribution >= 0.6 is 0 Å². The minimum atomic E-state index is 0.158. The Morgan fingerprint density at radius 2 is 2.31 bits per heavy atom. The zero-order valence-electron chi connectivity index (χ0n) is 8.47. The fourth-order valence-corrected chi connectivity index (χ4v) is 1.45. The number of amides is 1. The molecule has 0 saturated carbocycles. The van der Waals surface area contributed by atoms with Crippen LogP contribution < -0.4 is 5.32 Å². The molecule has 4 nitrogen and oxygen atoms in total.